The Hall–Kier alpha value is -1.39. The van der Waals surface area contributed by atoms with E-state index in [0.717, 1.165) is 45.0 Å². The Morgan fingerprint density at radius 1 is 1.24 bits per heavy atom. The maximum atomic E-state index is 11.7. The van der Waals surface area contributed by atoms with E-state index in [1.165, 1.54) is 19.3 Å². The van der Waals surface area contributed by atoms with E-state index in [1.807, 2.05) is 0 Å². The van der Waals surface area contributed by atoms with Crippen molar-refractivity contribution in [1.29, 1.82) is 0 Å². The number of rotatable bonds is 5. The third-order valence-corrected chi connectivity index (χ3v) is 5.96. The zero-order chi connectivity index (χ0) is 21.7. The highest BCUT2D eigenvalue weighted by Crippen LogP contribution is 2.42. The predicted octanol–water partition coefficient (Wildman–Crippen LogP) is 2.15. The first-order valence-corrected chi connectivity index (χ1v) is 9.99. The van der Waals surface area contributed by atoms with E-state index in [1.54, 1.807) is 19.0 Å². The first kappa shape index (κ1) is 23.9. The fourth-order valence-corrected chi connectivity index (χ4v) is 4.07. The Morgan fingerprint density at radius 3 is 2.41 bits per heavy atom. The number of nitrogens with zero attached hydrogens (tertiary/aromatic N) is 2. The number of hydrogen-bond acceptors (Lipinski definition) is 5. The number of likely N-dealkylation sites (tertiary alicyclic amines) is 1. The van der Waals surface area contributed by atoms with Gasteiger partial charge in [0.1, 0.15) is 6.61 Å². The molecule has 0 bridgehead atoms. The van der Waals surface area contributed by atoms with Crippen LogP contribution in [0.2, 0.25) is 0 Å². The topological polar surface area (TPSA) is 79.3 Å². The largest absolute Gasteiger partial charge is 0.490 e. The minimum atomic E-state index is -5.08. The van der Waals surface area contributed by atoms with Crippen molar-refractivity contribution in [2.45, 2.75) is 56.8 Å². The number of carboxylic acids is 1. The zero-order valence-corrected chi connectivity index (χ0v) is 17.0. The number of carboxylic acid groups (broad SMARTS) is 1. The van der Waals surface area contributed by atoms with Crippen molar-refractivity contribution in [1.82, 2.24) is 9.80 Å². The highest BCUT2D eigenvalue weighted by molar-refractivity contribution is 5.76. The molecule has 29 heavy (non-hydrogen) atoms. The molecule has 3 aliphatic rings. The van der Waals surface area contributed by atoms with Crippen molar-refractivity contribution < 1.29 is 37.3 Å². The summed E-state index contributed by atoms with van der Waals surface area (Å²) in [6.07, 6.45) is 2.69. The Balaban J connectivity index is 0.000000370. The standard InChI is InChI=1S/C17H30N2O3.C2HF3O2/c1-18(2)16(20)11-21-13-17-8-4-10-22-15(17)7-9-19(12-17)14-5-3-6-14;3-2(4,5)1(6)7/h14-15H,3-13H2,1-2H3;(H,6,7). The van der Waals surface area contributed by atoms with Crippen molar-refractivity contribution in [2.24, 2.45) is 5.41 Å². The van der Waals surface area contributed by atoms with Crippen LogP contribution in [0.1, 0.15) is 38.5 Å². The van der Waals surface area contributed by atoms with Crippen LogP contribution in [0.3, 0.4) is 0 Å². The average molecular weight is 424 g/mol. The number of carbonyl (C=O) groups excluding carboxylic acids is 1. The molecular formula is C19H31F3N2O5. The summed E-state index contributed by atoms with van der Waals surface area (Å²) in [5.41, 5.74) is 0.0959. The fraction of sp³-hybridized carbons (Fsp3) is 0.895. The molecule has 3 rings (SSSR count). The molecular weight excluding hydrogens is 393 g/mol. The number of likely N-dealkylation sites (N-methyl/N-ethyl adjacent to an activating group) is 1. The number of piperidine rings is 1. The van der Waals surface area contributed by atoms with Crippen LogP contribution in [0, 0.1) is 5.41 Å². The van der Waals surface area contributed by atoms with Crippen LogP contribution in [-0.2, 0) is 19.1 Å². The second-order valence-corrected chi connectivity index (χ2v) is 8.25. The van der Waals surface area contributed by atoms with Crippen LogP contribution in [0.25, 0.3) is 0 Å². The number of fused-ring (bicyclic) bond motifs is 1. The first-order chi connectivity index (χ1) is 13.5. The Bertz CT molecular complexity index is 569. The third-order valence-electron chi connectivity index (χ3n) is 5.96. The molecule has 2 heterocycles. The van der Waals surface area contributed by atoms with Crippen LogP contribution in [-0.4, -0.2) is 92.1 Å². The van der Waals surface area contributed by atoms with Crippen molar-refractivity contribution in [3.05, 3.63) is 0 Å². The molecule has 10 heteroatoms. The van der Waals surface area contributed by atoms with E-state index in [2.05, 4.69) is 4.90 Å². The second kappa shape index (κ2) is 10.1. The highest BCUT2D eigenvalue weighted by Gasteiger charge is 2.47. The normalized spacial score (nSPS) is 27.8. The number of alkyl halides is 3. The monoisotopic (exact) mass is 424 g/mol. The molecule has 168 valence electrons. The summed E-state index contributed by atoms with van der Waals surface area (Å²) in [4.78, 5) is 24.9. The maximum Gasteiger partial charge on any atom is 0.490 e. The molecule has 2 aliphatic heterocycles. The van der Waals surface area contributed by atoms with Gasteiger partial charge in [-0.25, -0.2) is 4.79 Å². The lowest BCUT2D eigenvalue weighted by Gasteiger charge is -2.53. The molecule has 1 aliphatic carbocycles. The average Bonchev–Trinajstić information content (AvgIpc) is 2.59. The minimum Gasteiger partial charge on any atom is -0.475 e. The van der Waals surface area contributed by atoms with E-state index in [0.29, 0.717) is 12.7 Å². The number of aliphatic carboxylic acids is 1. The molecule has 0 aromatic carbocycles. The number of hydrogen-bond donors (Lipinski definition) is 1. The summed E-state index contributed by atoms with van der Waals surface area (Å²) >= 11 is 0. The minimum absolute atomic E-state index is 0.0383. The van der Waals surface area contributed by atoms with Gasteiger partial charge < -0.3 is 19.5 Å². The van der Waals surface area contributed by atoms with Gasteiger partial charge in [-0.05, 0) is 32.1 Å². The number of amides is 1. The van der Waals surface area contributed by atoms with Gasteiger partial charge in [0.2, 0.25) is 5.91 Å². The van der Waals surface area contributed by atoms with E-state index < -0.39 is 12.1 Å². The third kappa shape index (κ3) is 6.55. The number of carbonyl (C=O) groups is 2. The lowest BCUT2D eigenvalue weighted by molar-refractivity contribution is -0.192. The van der Waals surface area contributed by atoms with E-state index in [9.17, 15) is 18.0 Å². The molecule has 1 amide bonds. The molecule has 1 N–H and O–H groups in total. The lowest BCUT2D eigenvalue weighted by Crippen LogP contribution is -2.59. The fourth-order valence-electron chi connectivity index (χ4n) is 4.07. The van der Waals surface area contributed by atoms with Crippen molar-refractivity contribution in [2.75, 3.05) is 47.0 Å². The summed E-state index contributed by atoms with van der Waals surface area (Å²) < 4.78 is 43.6. The lowest BCUT2D eigenvalue weighted by atomic mass is 9.72. The summed E-state index contributed by atoms with van der Waals surface area (Å²) in [6.45, 7) is 3.96. The van der Waals surface area contributed by atoms with Crippen LogP contribution in [0.5, 0.6) is 0 Å². The molecule has 3 fully saturated rings. The summed E-state index contributed by atoms with van der Waals surface area (Å²) in [7, 11) is 3.55. The molecule has 0 spiro atoms. The van der Waals surface area contributed by atoms with Gasteiger partial charge in [0, 0.05) is 45.2 Å². The zero-order valence-electron chi connectivity index (χ0n) is 17.0. The van der Waals surface area contributed by atoms with Crippen molar-refractivity contribution in [3.63, 3.8) is 0 Å². The van der Waals surface area contributed by atoms with Gasteiger partial charge in [0.05, 0.1) is 12.7 Å². The van der Waals surface area contributed by atoms with Gasteiger partial charge in [-0.15, -0.1) is 0 Å². The van der Waals surface area contributed by atoms with Crippen LogP contribution in [0.4, 0.5) is 13.2 Å². The van der Waals surface area contributed by atoms with Crippen LogP contribution < -0.4 is 0 Å². The molecule has 2 unspecified atom stereocenters. The van der Waals surface area contributed by atoms with Gasteiger partial charge in [-0.1, -0.05) is 6.42 Å². The van der Waals surface area contributed by atoms with Gasteiger partial charge in [0.15, 0.2) is 0 Å². The van der Waals surface area contributed by atoms with Crippen molar-refractivity contribution in [3.8, 4) is 0 Å². The quantitative estimate of drug-likeness (QED) is 0.729. The van der Waals surface area contributed by atoms with Crippen molar-refractivity contribution >= 4 is 11.9 Å². The molecule has 1 saturated carbocycles. The van der Waals surface area contributed by atoms with Gasteiger partial charge >= 0.3 is 12.1 Å². The van der Waals surface area contributed by atoms with E-state index in [4.69, 9.17) is 19.4 Å². The smallest absolute Gasteiger partial charge is 0.475 e. The van der Waals surface area contributed by atoms with Crippen LogP contribution in [0.15, 0.2) is 0 Å². The van der Waals surface area contributed by atoms with Gasteiger partial charge in [-0.2, -0.15) is 13.2 Å². The van der Waals surface area contributed by atoms with Gasteiger partial charge in [-0.3, -0.25) is 9.69 Å². The molecule has 0 aromatic heterocycles. The second-order valence-electron chi connectivity index (χ2n) is 8.25. The molecule has 2 atom stereocenters. The van der Waals surface area contributed by atoms with Gasteiger partial charge in [0.25, 0.3) is 0 Å². The maximum absolute atomic E-state index is 11.7. The summed E-state index contributed by atoms with van der Waals surface area (Å²) in [5, 5.41) is 7.12. The Kier molecular flexibility index (Phi) is 8.30. The SMILES string of the molecule is CN(C)C(=O)COCC12CCCOC1CCN(C1CCC1)C2.O=C(O)C(F)(F)F. The molecule has 0 radical (unpaired) electrons. The summed E-state index contributed by atoms with van der Waals surface area (Å²) in [5.74, 6) is -2.72. The molecule has 0 aromatic rings. The van der Waals surface area contributed by atoms with E-state index in [-0.39, 0.29) is 17.9 Å². The number of halogens is 3. The number of ether oxygens (including phenoxy) is 2. The first-order valence-electron chi connectivity index (χ1n) is 9.99. The Labute approximate surface area is 169 Å². The molecule has 2 saturated heterocycles. The van der Waals surface area contributed by atoms with Crippen LogP contribution >= 0.6 is 0 Å². The Morgan fingerprint density at radius 2 is 1.90 bits per heavy atom. The summed E-state index contributed by atoms with van der Waals surface area (Å²) in [6, 6.07) is 0.781. The predicted molar refractivity (Wildman–Crippen MR) is 98.4 cm³/mol. The highest BCUT2D eigenvalue weighted by atomic mass is 19.4. The van der Waals surface area contributed by atoms with E-state index >= 15 is 0 Å². The molecule has 7 nitrogen and oxygen atoms in total.